The van der Waals surface area contributed by atoms with E-state index in [1.807, 2.05) is 6.92 Å². The van der Waals surface area contributed by atoms with E-state index in [0.29, 0.717) is 19.6 Å². The zero-order valence-electron chi connectivity index (χ0n) is 11.9. The highest BCUT2D eigenvalue weighted by Gasteiger charge is 2.27. The number of hydrogen-bond acceptors (Lipinski definition) is 4. The summed E-state index contributed by atoms with van der Waals surface area (Å²) >= 11 is 0. The molecule has 2 unspecified atom stereocenters. The molecule has 1 fully saturated rings. The first kappa shape index (κ1) is 15.9. The number of hydrogen-bond donors (Lipinski definition) is 2. The van der Waals surface area contributed by atoms with Crippen LogP contribution in [0.3, 0.4) is 0 Å². The second kappa shape index (κ2) is 6.55. The van der Waals surface area contributed by atoms with Crippen LogP contribution < -0.4 is 10.5 Å². The Bertz CT molecular complexity index is 598. The van der Waals surface area contributed by atoms with Gasteiger partial charge in [0.2, 0.25) is 15.9 Å². The molecule has 7 heteroatoms. The molecule has 0 bridgehead atoms. The van der Waals surface area contributed by atoms with Crippen molar-refractivity contribution < 1.29 is 17.9 Å². The first-order valence-corrected chi connectivity index (χ1v) is 8.42. The number of ether oxygens (including phenoxy) is 1. The average molecular weight is 312 g/mol. The van der Waals surface area contributed by atoms with E-state index in [1.165, 1.54) is 12.1 Å². The van der Waals surface area contributed by atoms with Gasteiger partial charge in [0.1, 0.15) is 0 Å². The summed E-state index contributed by atoms with van der Waals surface area (Å²) in [6.07, 6.45) is 1.54. The van der Waals surface area contributed by atoms with E-state index in [1.54, 1.807) is 12.1 Å². The number of rotatable bonds is 5. The lowest BCUT2D eigenvalue weighted by Gasteiger charge is -2.09. The Hall–Kier alpha value is -1.44. The highest BCUT2D eigenvalue weighted by atomic mass is 32.2. The zero-order chi connectivity index (χ0) is 15.5. The fourth-order valence-electron chi connectivity index (χ4n) is 2.32. The standard InChI is InChI=1S/C14H20N2O4S/c1-10-8-12(9-20-10)14(17)16-7-6-11-2-4-13(5-3-11)21(15,18)19/h2-5,10,12H,6-9H2,1H3,(H,16,17)(H2,15,18,19). The van der Waals surface area contributed by atoms with Gasteiger partial charge in [0.25, 0.3) is 0 Å². The molecule has 1 aliphatic rings. The first-order valence-electron chi connectivity index (χ1n) is 6.87. The maximum absolute atomic E-state index is 11.9. The minimum atomic E-state index is -3.65. The largest absolute Gasteiger partial charge is 0.378 e. The average Bonchev–Trinajstić information content (AvgIpc) is 2.85. The van der Waals surface area contributed by atoms with Gasteiger partial charge in [-0.15, -0.1) is 0 Å². The van der Waals surface area contributed by atoms with E-state index in [-0.39, 0.29) is 22.8 Å². The number of nitrogens with one attached hydrogen (secondary N) is 1. The lowest BCUT2D eigenvalue weighted by molar-refractivity contribution is -0.124. The number of nitrogens with two attached hydrogens (primary N) is 1. The molecule has 1 saturated heterocycles. The molecule has 0 spiro atoms. The van der Waals surface area contributed by atoms with Crippen LogP contribution in [0.2, 0.25) is 0 Å². The highest BCUT2D eigenvalue weighted by molar-refractivity contribution is 7.89. The highest BCUT2D eigenvalue weighted by Crippen LogP contribution is 2.18. The SMILES string of the molecule is CC1CC(C(=O)NCCc2ccc(S(N)(=O)=O)cc2)CO1. The Labute approximate surface area is 124 Å². The summed E-state index contributed by atoms with van der Waals surface area (Å²) in [5.74, 6) is -0.0507. The second-order valence-electron chi connectivity index (χ2n) is 5.31. The third-order valence-electron chi connectivity index (χ3n) is 3.53. The molecule has 1 heterocycles. The third-order valence-corrected chi connectivity index (χ3v) is 4.46. The van der Waals surface area contributed by atoms with Crippen molar-refractivity contribution in [1.29, 1.82) is 0 Å². The normalized spacial score (nSPS) is 22.2. The molecule has 116 valence electrons. The van der Waals surface area contributed by atoms with Crippen molar-refractivity contribution in [2.75, 3.05) is 13.2 Å². The molecule has 2 rings (SSSR count). The fraction of sp³-hybridized carbons (Fsp3) is 0.500. The van der Waals surface area contributed by atoms with Gasteiger partial charge in [0.15, 0.2) is 0 Å². The molecule has 3 N–H and O–H groups in total. The topological polar surface area (TPSA) is 98.5 Å². The monoisotopic (exact) mass is 312 g/mol. The van der Waals surface area contributed by atoms with E-state index >= 15 is 0 Å². The van der Waals surface area contributed by atoms with Crippen LogP contribution in [-0.4, -0.2) is 33.6 Å². The molecule has 1 amide bonds. The Morgan fingerprint density at radius 1 is 1.38 bits per heavy atom. The van der Waals surface area contributed by atoms with E-state index in [9.17, 15) is 13.2 Å². The van der Waals surface area contributed by atoms with Gasteiger partial charge in [0, 0.05) is 6.54 Å². The van der Waals surface area contributed by atoms with Crippen molar-refractivity contribution in [3.63, 3.8) is 0 Å². The predicted molar refractivity (Wildman–Crippen MR) is 78.0 cm³/mol. The quantitative estimate of drug-likeness (QED) is 0.823. The second-order valence-corrected chi connectivity index (χ2v) is 6.87. The fourth-order valence-corrected chi connectivity index (χ4v) is 2.84. The molecular weight excluding hydrogens is 292 g/mol. The van der Waals surface area contributed by atoms with Crippen LogP contribution in [0.15, 0.2) is 29.2 Å². The number of primary sulfonamides is 1. The summed E-state index contributed by atoms with van der Waals surface area (Å²) in [5.41, 5.74) is 0.943. The number of carbonyl (C=O) groups excluding carboxylic acids is 1. The number of benzene rings is 1. The van der Waals surface area contributed by atoms with E-state index < -0.39 is 10.0 Å². The van der Waals surface area contributed by atoms with Gasteiger partial charge in [-0.3, -0.25) is 4.79 Å². The van der Waals surface area contributed by atoms with E-state index in [4.69, 9.17) is 9.88 Å². The van der Waals surface area contributed by atoms with Gasteiger partial charge in [-0.2, -0.15) is 0 Å². The van der Waals surface area contributed by atoms with Crippen LogP contribution in [0.5, 0.6) is 0 Å². The summed E-state index contributed by atoms with van der Waals surface area (Å²) in [6, 6.07) is 6.34. The van der Waals surface area contributed by atoms with E-state index in [0.717, 1.165) is 12.0 Å². The van der Waals surface area contributed by atoms with E-state index in [2.05, 4.69) is 5.32 Å². The Kier molecular flexibility index (Phi) is 4.97. The van der Waals surface area contributed by atoms with Crippen LogP contribution in [0.4, 0.5) is 0 Å². The molecule has 1 aliphatic heterocycles. The summed E-state index contributed by atoms with van der Waals surface area (Å²) in [6.45, 7) is 2.95. The lowest BCUT2D eigenvalue weighted by atomic mass is 10.1. The van der Waals surface area contributed by atoms with Crippen LogP contribution in [0, 0.1) is 5.92 Å². The summed E-state index contributed by atoms with van der Waals surface area (Å²) in [4.78, 5) is 12.0. The van der Waals surface area contributed by atoms with Gasteiger partial charge >= 0.3 is 0 Å². The maximum atomic E-state index is 11.9. The van der Waals surface area contributed by atoms with Crippen LogP contribution in [0.25, 0.3) is 0 Å². The van der Waals surface area contributed by atoms with Crippen LogP contribution >= 0.6 is 0 Å². The number of carbonyl (C=O) groups is 1. The molecule has 6 nitrogen and oxygen atoms in total. The molecular formula is C14H20N2O4S. The van der Waals surface area contributed by atoms with Gasteiger partial charge in [0.05, 0.1) is 23.5 Å². The molecule has 2 atom stereocenters. The van der Waals surface area contributed by atoms with Gasteiger partial charge in [-0.25, -0.2) is 13.6 Å². The Morgan fingerprint density at radius 3 is 2.57 bits per heavy atom. The van der Waals surface area contributed by atoms with Crippen LogP contribution in [0.1, 0.15) is 18.9 Å². The smallest absolute Gasteiger partial charge is 0.238 e. The maximum Gasteiger partial charge on any atom is 0.238 e. The molecule has 21 heavy (non-hydrogen) atoms. The van der Waals surface area contributed by atoms with Crippen molar-refractivity contribution in [2.24, 2.45) is 11.1 Å². The molecule has 0 aliphatic carbocycles. The van der Waals surface area contributed by atoms with Gasteiger partial charge in [-0.05, 0) is 37.5 Å². The van der Waals surface area contributed by atoms with Crippen molar-refractivity contribution >= 4 is 15.9 Å². The summed E-state index contributed by atoms with van der Waals surface area (Å²) < 4.78 is 27.6. The Morgan fingerprint density at radius 2 is 2.05 bits per heavy atom. The number of sulfonamides is 1. The molecule has 1 aromatic rings. The zero-order valence-corrected chi connectivity index (χ0v) is 12.7. The first-order chi connectivity index (χ1) is 9.86. The molecule has 0 radical (unpaired) electrons. The minimum absolute atomic E-state index is 0.0144. The summed E-state index contributed by atoms with van der Waals surface area (Å²) in [5, 5.41) is 7.91. The Balaban J connectivity index is 1.80. The molecule has 1 aromatic carbocycles. The molecule has 0 aromatic heterocycles. The van der Waals surface area contributed by atoms with Gasteiger partial charge in [-0.1, -0.05) is 12.1 Å². The van der Waals surface area contributed by atoms with Crippen molar-refractivity contribution in [1.82, 2.24) is 5.32 Å². The van der Waals surface area contributed by atoms with Crippen molar-refractivity contribution in [3.8, 4) is 0 Å². The molecule has 0 saturated carbocycles. The minimum Gasteiger partial charge on any atom is -0.378 e. The lowest BCUT2D eigenvalue weighted by Crippen LogP contribution is -2.32. The number of amides is 1. The van der Waals surface area contributed by atoms with Crippen molar-refractivity contribution in [3.05, 3.63) is 29.8 Å². The van der Waals surface area contributed by atoms with Crippen molar-refractivity contribution in [2.45, 2.75) is 30.8 Å². The third kappa shape index (κ3) is 4.52. The predicted octanol–water partition coefficient (Wildman–Crippen LogP) is 0.418. The summed E-state index contributed by atoms with van der Waals surface area (Å²) in [7, 11) is -3.65. The van der Waals surface area contributed by atoms with Crippen LogP contribution in [-0.2, 0) is 26.0 Å². The van der Waals surface area contributed by atoms with Gasteiger partial charge < -0.3 is 10.1 Å².